The van der Waals surface area contributed by atoms with Crippen molar-refractivity contribution in [3.63, 3.8) is 0 Å². The molecule has 0 aliphatic carbocycles. The summed E-state index contributed by atoms with van der Waals surface area (Å²) < 4.78 is 0. The van der Waals surface area contributed by atoms with Crippen molar-refractivity contribution in [2.75, 3.05) is 37.9 Å². The molecule has 0 aliphatic rings. The minimum Gasteiger partial charge on any atom is -0.363 e. The van der Waals surface area contributed by atoms with Crippen LogP contribution in [0.4, 0.5) is 16.3 Å². The van der Waals surface area contributed by atoms with E-state index >= 15 is 0 Å². The van der Waals surface area contributed by atoms with Crippen LogP contribution >= 0.6 is 0 Å². The highest BCUT2D eigenvalue weighted by atomic mass is 16.2. The van der Waals surface area contributed by atoms with Gasteiger partial charge in [-0.05, 0) is 12.1 Å². The van der Waals surface area contributed by atoms with Crippen LogP contribution < -0.4 is 20.9 Å². The van der Waals surface area contributed by atoms with Gasteiger partial charge in [0.05, 0.1) is 18.4 Å². The topological polar surface area (TPSA) is 86.4 Å². The van der Waals surface area contributed by atoms with Crippen LogP contribution in [0.25, 0.3) is 0 Å². The Morgan fingerprint density at radius 2 is 2.06 bits per heavy atom. The molecule has 0 unspecified atom stereocenters. The first-order valence-corrected chi connectivity index (χ1v) is 5.41. The van der Waals surface area contributed by atoms with E-state index in [0.717, 1.165) is 5.82 Å². The maximum Gasteiger partial charge on any atom is 0.319 e. The summed E-state index contributed by atoms with van der Waals surface area (Å²) in [6, 6.07) is 3.08. The highest BCUT2D eigenvalue weighted by Crippen LogP contribution is 2.11. The average molecular weight is 251 g/mol. The Balaban J connectivity index is 2.47. The lowest BCUT2D eigenvalue weighted by atomic mass is 10.4. The van der Waals surface area contributed by atoms with Crippen LogP contribution in [0.15, 0.2) is 18.3 Å². The summed E-state index contributed by atoms with van der Waals surface area (Å²) in [4.78, 5) is 28.3. The standard InChI is InChI=1S/C11H17N5O2/c1-12-10(17)7-14-11(18)15-8-4-5-9(13-6-8)16(2)3/h4-6H,7H2,1-3H3,(H,12,17)(H2,14,15,18). The molecule has 0 fully saturated rings. The van der Waals surface area contributed by atoms with Gasteiger partial charge in [-0.3, -0.25) is 4.79 Å². The molecule has 3 amide bonds. The second-order valence-corrected chi connectivity index (χ2v) is 3.78. The van der Waals surface area contributed by atoms with Crippen molar-refractivity contribution in [3.05, 3.63) is 18.3 Å². The zero-order valence-corrected chi connectivity index (χ0v) is 10.7. The fraction of sp³-hybridized carbons (Fsp3) is 0.364. The van der Waals surface area contributed by atoms with Crippen molar-refractivity contribution in [1.82, 2.24) is 15.6 Å². The van der Waals surface area contributed by atoms with E-state index in [-0.39, 0.29) is 12.5 Å². The SMILES string of the molecule is CNC(=O)CNC(=O)Nc1ccc(N(C)C)nc1. The summed E-state index contributed by atoms with van der Waals surface area (Å²) in [5.41, 5.74) is 0.565. The Kier molecular flexibility index (Phi) is 4.91. The van der Waals surface area contributed by atoms with Gasteiger partial charge in [-0.15, -0.1) is 0 Å². The van der Waals surface area contributed by atoms with Crippen molar-refractivity contribution in [2.45, 2.75) is 0 Å². The third-order valence-electron chi connectivity index (χ3n) is 2.15. The molecule has 7 nitrogen and oxygen atoms in total. The van der Waals surface area contributed by atoms with Gasteiger partial charge < -0.3 is 20.9 Å². The Morgan fingerprint density at radius 1 is 1.33 bits per heavy atom. The Hall–Kier alpha value is -2.31. The van der Waals surface area contributed by atoms with Gasteiger partial charge in [0.25, 0.3) is 0 Å². The lowest BCUT2D eigenvalue weighted by Gasteiger charge is -2.11. The first-order valence-electron chi connectivity index (χ1n) is 5.41. The van der Waals surface area contributed by atoms with E-state index < -0.39 is 6.03 Å². The van der Waals surface area contributed by atoms with Gasteiger partial charge in [-0.2, -0.15) is 0 Å². The minimum absolute atomic E-state index is 0.0639. The normalized spacial score (nSPS) is 9.50. The molecule has 0 radical (unpaired) electrons. The number of amides is 3. The molecule has 3 N–H and O–H groups in total. The maximum absolute atomic E-state index is 11.4. The number of nitrogens with zero attached hydrogens (tertiary/aromatic N) is 2. The van der Waals surface area contributed by atoms with E-state index in [4.69, 9.17) is 0 Å². The monoisotopic (exact) mass is 251 g/mol. The zero-order chi connectivity index (χ0) is 13.5. The highest BCUT2D eigenvalue weighted by Gasteiger charge is 2.04. The summed E-state index contributed by atoms with van der Waals surface area (Å²) in [5.74, 6) is 0.539. The summed E-state index contributed by atoms with van der Waals surface area (Å²) in [7, 11) is 5.27. The van der Waals surface area contributed by atoms with Gasteiger partial charge in [0.2, 0.25) is 5.91 Å². The number of aromatic nitrogens is 1. The number of carbonyl (C=O) groups excluding carboxylic acids is 2. The van der Waals surface area contributed by atoms with Gasteiger partial charge in [0.15, 0.2) is 0 Å². The molecule has 1 heterocycles. The van der Waals surface area contributed by atoms with Crippen LogP contribution in [0.3, 0.4) is 0 Å². The predicted molar refractivity (Wildman–Crippen MR) is 69.7 cm³/mol. The van der Waals surface area contributed by atoms with E-state index in [1.807, 2.05) is 19.0 Å². The van der Waals surface area contributed by atoms with Gasteiger partial charge >= 0.3 is 6.03 Å². The summed E-state index contributed by atoms with van der Waals surface area (Å²) in [5, 5.41) is 7.40. The van der Waals surface area contributed by atoms with Crippen LogP contribution in [-0.4, -0.2) is 44.6 Å². The third-order valence-corrected chi connectivity index (χ3v) is 2.15. The average Bonchev–Trinajstić information content (AvgIpc) is 2.36. The molecule has 0 saturated heterocycles. The predicted octanol–water partition coefficient (Wildman–Crippen LogP) is 0.0151. The number of pyridine rings is 1. The molecule has 0 bridgehead atoms. The second-order valence-electron chi connectivity index (χ2n) is 3.78. The number of hydrogen-bond donors (Lipinski definition) is 3. The zero-order valence-electron chi connectivity index (χ0n) is 10.7. The molecule has 0 atom stereocenters. The van der Waals surface area contributed by atoms with Crippen LogP contribution in [0, 0.1) is 0 Å². The lowest BCUT2D eigenvalue weighted by Crippen LogP contribution is -2.37. The van der Waals surface area contributed by atoms with Crippen molar-refractivity contribution < 1.29 is 9.59 Å². The molecule has 0 aromatic carbocycles. The van der Waals surface area contributed by atoms with Crippen molar-refractivity contribution in [2.24, 2.45) is 0 Å². The first kappa shape index (κ1) is 13.8. The van der Waals surface area contributed by atoms with E-state index in [1.54, 1.807) is 18.3 Å². The fourth-order valence-electron chi connectivity index (χ4n) is 1.15. The molecular weight excluding hydrogens is 234 g/mol. The summed E-state index contributed by atoms with van der Waals surface area (Å²) in [6.07, 6.45) is 1.55. The molecule has 18 heavy (non-hydrogen) atoms. The smallest absolute Gasteiger partial charge is 0.319 e. The Labute approximate surface area is 106 Å². The van der Waals surface area contributed by atoms with Crippen molar-refractivity contribution >= 4 is 23.4 Å². The number of likely N-dealkylation sites (N-methyl/N-ethyl adjacent to an activating group) is 1. The number of anilines is 2. The van der Waals surface area contributed by atoms with Crippen molar-refractivity contribution in [3.8, 4) is 0 Å². The number of carbonyl (C=O) groups is 2. The van der Waals surface area contributed by atoms with Crippen molar-refractivity contribution in [1.29, 1.82) is 0 Å². The van der Waals surface area contributed by atoms with Crippen LogP contribution in [0.5, 0.6) is 0 Å². The van der Waals surface area contributed by atoms with E-state index in [2.05, 4.69) is 20.9 Å². The first-order chi connectivity index (χ1) is 8.52. The summed E-state index contributed by atoms with van der Waals surface area (Å²) in [6.45, 7) is -0.0639. The quantitative estimate of drug-likeness (QED) is 0.704. The van der Waals surface area contributed by atoms with E-state index in [9.17, 15) is 9.59 Å². The van der Waals surface area contributed by atoms with Gasteiger partial charge in [0.1, 0.15) is 5.82 Å². The highest BCUT2D eigenvalue weighted by molar-refractivity contribution is 5.92. The van der Waals surface area contributed by atoms with Gasteiger partial charge in [0, 0.05) is 21.1 Å². The maximum atomic E-state index is 11.4. The van der Waals surface area contributed by atoms with Crippen LogP contribution in [0.1, 0.15) is 0 Å². The molecule has 0 saturated carbocycles. The second kappa shape index (κ2) is 6.43. The molecule has 0 spiro atoms. The minimum atomic E-state index is -0.446. The molecule has 1 aromatic rings. The molecule has 1 aromatic heterocycles. The summed E-state index contributed by atoms with van der Waals surface area (Å²) >= 11 is 0. The molecule has 1 rings (SSSR count). The fourth-order valence-corrected chi connectivity index (χ4v) is 1.15. The Bertz CT molecular complexity index is 416. The molecular formula is C11H17N5O2. The van der Waals surface area contributed by atoms with E-state index in [1.165, 1.54) is 7.05 Å². The lowest BCUT2D eigenvalue weighted by molar-refractivity contribution is -0.119. The molecule has 0 aliphatic heterocycles. The number of rotatable bonds is 4. The van der Waals surface area contributed by atoms with Crippen LogP contribution in [-0.2, 0) is 4.79 Å². The number of nitrogens with one attached hydrogen (secondary N) is 3. The van der Waals surface area contributed by atoms with Crippen LogP contribution in [0.2, 0.25) is 0 Å². The van der Waals surface area contributed by atoms with E-state index in [0.29, 0.717) is 5.69 Å². The number of hydrogen-bond acceptors (Lipinski definition) is 4. The molecule has 98 valence electrons. The Morgan fingerprint density at radius 3 is 2.56 bits per heavy atom. The van der Waals surface area contributed by atoms with Gasteiger partial charge in [-0.25, -0.2) is 9.78 Å². The largest absolute Gasteiger partial charge is 0.363 e. The third kappa shape index (κ3) is 4.28. The molecule has 7 heteroatoms. The number of urea groups is 1. The van der Waals surface area contributed by atoms with Gasteiger partial charge in [-0.1, -0.05) is 0 Å².